The van der Waals surface area contributed by atoms with Gasteiger partial charge in [0.05, 0.1) is 12.8 Å². The number of rotatable bonds is 6. The van der Waals surface area contributed by atoms with Gasteiger partial charge in [-0.05, 0) is 42.3 Å². The van der Waals surface area contributed by atoms with E-state index < -0.39 is 0 Å². The molecule has 7 heteroatoms. The van der Waals surface area contributed by atoms with Gasteiger partial charge in [0.1, 0.15) is 11.6 Å². The van der Waals surface area contributed by atoms with E-state index in [2.05, 4.69) is 10.3 Å². The molecular formula is C20H20FN3O3. The number of nitrogens with one attached hydrogen (secondary N) is 1. The van der Waals surface area contributed by atoms with E-state index in [1.54, 1.807) is 36.2 Å². The van der Waals surface area contributed by atoms with Crippen molar-refractivity contribution in [3.8, 4) is 22.9 Å². The van der Waals surface area contributed by atoms with Crippen LogP contribution in [0.5, 0.6) is 17.2 Å². The Labute approximate surface area is 156 Å². The minimum Gasteiger partial charge on any atom is -0.493 e. The summed E-state index contributed by atoms with van der Waals surface area (Å²) in [5.41, 5.74) is 2.36. The predicted octanol–water partition coefficient (Wildman–Crippen LogP) is 3.35. The monoisotopic (exact) mass is 369 g/mol. The first-order valence-electron chi connectivity index (χ1n) is 8.61. The van der Waals surface area contributed by atoms with E-state index in [0.717, 1.165) is 17.0 Å². The third kappa shape index (κ3) is 3.46. The molecule has 2 aromatic carbocycles. The molecule has 0 radical (unpaired) electrons. The third-order valence-corrected chi connectivity index (χ3v) is 4.47. The molecule has 0 fully saturated rings. The molecule has 0 saturated heterocycles. The minimum atomic E-state index is -0.278. The van der Waals surface area contributed by atoms with Crippen LogP contribution in [0.3, 0.4) is 0 Å². The summed E-state index contributed by atoms with van der Waals surface area (Å²) < 4.78 is 32.4. The molecule has 1 N–H and O–H groups in total. The number of fused-ring (bicyclic) bond motifs is 1. The van der Waals surface area contributed by atoms with Crippen molar-refractivity contribution in [2.24, 2.45) is 0 Å². The Morgan fingerprint density at radius 2 is 2.04 bits per heavy atom. The van der Waals surface area contributed by atoms with Crippen LogP contribution >= 0.6 is 0 Å². The standard InChI is InChI=1S/C20H20FN3O3/c1-13-23-5-6-24(13)17-4-3-14(7-16(17)21)10-22-11-15-8-18(25-2)20-19(9-15)26-12-27-20/h3-9,22H,10-12H2,1-2H3. The highest BCUT2D eigenvalue weighted by atomic mass is 19.1. The molecule has 0 amide bonds. The van der Waals surface area contributed by atoms with Gasteiger partial charge in [-0.25, -0.2) is 9.37 Å². The second kappa shape index (κ2) is 7.28. The number of ether oxygens (including phenoxy) is 3. The van der Waals surface area contributed by atoms with E-state index in [9.17, 15) is 4.39 Å². The molecule has 0 saturated carbocycles. The van der Waals surface area contributed by atoms with E-state index >= 15 is 0 Å². The summed E-state index contributed by atoms with van der Waals surface area (Å²) in [5.74, 6) is 2.43. The maximum atomic E-state index is 14.5. The predicted molar refractivity (Wildman–Crippen MR) is 97.9 cm³/mol. The van der Waals surface area contributed by atoms with Crippen LogP contribution in [0.15, 0.2) is 42.7 Å². The molecule has 6 nitrogen and oxygen atoms in total. The smallest absolute Gasteiger partial charge is 0.231 e. The minimum absolute atomic E-state index is 0.199. The van der Waals surface area contributed by atoms with Gasteiger partial charge in [0.25, 0.3) is 0 Å². The van der Waals surface area contributed by atoms with E-state index in [4.69, 9.17) is 14.2 Å². The number of nitrogens with zero attached hydrogens (tertiary/aromatic N) is 2. The Kier molecular flexibility index (Phi) is 4.68. The average molecular weight is 369 g/mol. The Hall–Kier alpha value is -3.06. The quantitative estimate of drug-likeness (QED) is 0.722. The Morgan fingerprint density at radius 3 is 2.78 bits per heavy atom. The number of halogens is 1. The van der Waals surface area contributed by atoms with Crippen LogP contribution in [0, 0.1) is 12.7 Å². The molecule has 0 unspecified atom stereocenters. The molecule has 3 aromatic rings. The van der Waals surface area contributed by atoms with Gasteiger partial charge in [-0.3, -0.25) is 0 Å². The third-order valence-electron chi connectivity index (χ3n) is 4.47. The molecule has 1 aliphatic heterocycles. The zero-order chi connectivity index (χ0) is 18.8. The normalized spacial score (nSPS) is 12.4. The van der Waals surface area contributed by atoms with Crippen molar-refractivity contribution in [1.82, 2.24) is 14.9 Å². The molecule has 1 aliphatic rings. The number of aryl methyl sites for hydroxylation is 1. The maximum absolute atomic E-state index is 14.5. The second-order valence-electron chi connectivity index (χ2n) is 6.27. The van der Waals surface area contributed by atoms with Gasteiger partial charge >= 0.3 is 0 Å². The van der Waals surface area contributed by atoms with Crippen LogP contribution < -0.4 is 19.5 Å². The number of hydrogen-bond donors (Lipinski definition) is 1. The molecule has 0 aliphatic carbocycles. The lowest BCUT2D eigenvalue weighted by Gasteiger charge is -2.11. The Balaban J connectivity index is 1.43. The molecule has 0 spiro atoms. The fourth-order valence-corrected chi connectivity index (χ4v) is 3.13. The fourth-order valence-electron chi connectivity index (χ4n) is 3.13. The molecule has 0 atom stereocenters. The van der Waals surface area contributed by atoms with Crippen molar-refractivity contribution in [2.75, 3.05) is 13.9 Å². The number of hydrogen-bond acceptors (Lipinski definition) is 5. The van der Waals surface area contributed by atoms with Crippen LogP contribution in [0.2, 0.25) is 0 Å². The summed E-state index contributed by atoms with van der Waals surface area (Å²) in [6.07, 6.45) is 3.41. The lowest BCUT2D eigenvalue weighted by Crippen LogP contribution is -2.13. The van der Waals surface area contributed by atoms with Gasteiger partial charge in [-0.1, -0.05) is 6.07 Å². The topological polar surface area (TPSA) is 57.5 Å². The summed E-state index contributed by atoms with van der Waals surface area (Å²) in [6, 6.07) is 9.05. The van der Waals surface area contributed by atoms with Crippen molar-refractivity contribution in [3.63, 3.8) is 0 Å². The van der Waals surface area contributed by atoms with Crippen LogP contribution in [0.25, 0.3) is 5.69 Å². The van der Waals surface area contributed by atoms with Gasteiger partial charge in [-0.15, -0.1) is 0 Å². The highest BCUT2D eigenvalue weighted by molar-refractivity contribution is 5.55. The molecule has 4 rings (SSSR count). The van der Waals surface area contributed by atoms with Gasteiger partial charge in [0.2, 0.25) is 12.5 Å². The second-order valence-corrected chi connectivity index (χ2v) is 6.27. The van der Waals surface area contributed by atoms with Crippen LogP contribution in [-0.4, -0.2) is 23.5 Å². The summed E-state index contributed by atoms with van der Waals surface area (Å²) in [5, 5.41) is 3.32. The molecule has 27 heavy (non-hydrogen) atoms. The number of methoxy groups -OCH3 is 1. The summed E-state index contributed by atoms with van der Waals surface area (Å²) >= 11 is 0. The molecule has 1 aromatic heterocycles. The Bertz CT molecular complexity index is 971. The van der Waals surface area contributed by atoms with Gasteiger partial charge in [0.15, 0.2) is 11.5 Å². The number of benzene rings is 2. The van der Waals surface area contributed by atoms with E-state index in [-0.39, 0.29) is 12.6 Å². The van der Waals surface area contributed by atoms with E-state index in [0.29, 0.717) is 36.0 Å². The van der Waals surface area contributed by atoms with Crippen molar-refractivity contribution >= 4 is 0 Å². The summed E-state index contributed by atoms with van der Waals surface area (Å²) in [6.45, 7) is 3.17. The lowest BCUT2D eigenvalue weighted by atomic mass is 10.1. The fraction of sp³-hybridized carbons (Fsp3) is 0.250. The SMILES string of the molecule is COc1cc(CNCc2ccc(-n3ccnc3C)c(F)c2)cc2c1OCO2. The van der Waals surface area contributed by atoms with Gasteiger partial charge in [-0.2, -0.15) is 0 Å². The van der Waals surface area contributed by atoms with E-state index in [1.165, 1.54) is 0 Å². The van der Waals surface area contributed by atoms with Crippen molar-refractivity contribution in [3.05, 3.63) is 65.5 Å². The number of imidazole rings is 1. The first-order chi connectivity index (χ1) is 13.2. The van der Waals surface area contributed by atoms with Crippen LogP contribution in [0.4, 0.5) is 4.39 Å². The molecular weight excluding hydrogens is 349 g/mol. The van der Waals surface area contributed by atoms with Crippen molar-refractivity contribution < 1.29 is 18.6 Å². The zero-order valence-electron chi connectivity index (χ0n) is 15.2. The number of aromatic nitrogens is 2. The molecule has 140 valence electrons. The lowest BCUT2D eigenvalue weighted by molar-refractivity contribution is 0.171. The summed E-state index contributed by atoms with van der Waals surface area (Å²) in [4.78, 5) is 4.13. The summed E-state index contributed by atoms with van der Waals surface area (Å²) in [7, 11) is 1.60. The van der Waals surface area contributed by atoms with Crippen LogP contribution in [0.1, 0.15) is 17.0 Å². The van der Waals surface area contributed by atoms with Crippen molar-refractivity contribution in [2.45, 2.75) is 20.0 Å². The van der Waals surface area contributed by atoms with E-state index in [1.807, 2.05) is 25.1 Å². The van der Waals surface area contributed by atoms with Crippen molar-refractivity contribution in [1.29, 1.82) is 0 Å². The largest absolute Gasteiger partial charge is 0.493 e. The first kappa shape index (κ1) is 17.4. The van der Waals surface area contributed by atoms with Gasteiger partial charge < -0.3 is 24.1 Å². The highest BCUT2D eigenvalue weighted by Gasteiger charge is 2.19. The average Bonchev–Trinajstić information content (AvgIpc) is 3.30. The molecule has 0 bridgehead atoms. The Morgan fingerprint density at radius 1 is 1.19 bits per heavy atom. The zero-order valence-corrected chi connectivity index (χ0v) is 15.2. The van der Waals surface area contributed by atoms with Crippen LogP contribution in [-0.2, 0) is 13.1 Å². The highest BCUT2D eigenvalue weighted by Crippen LogP contribution is 2.41. The molecule has 2 heterocycles. The maximum Gasteiger partial charge on any atom is 0.231 e. The first-order valence-corrected chi connectivity index (χ1v) is 8.61. The van der Waals surface area contributed by atoms with Gasteiger partial charge in [0, 0.05) is 25.5 Å².